The average Bonchev–Trinajstić information content (AvgIpc) is 3.28. The maximum Gasteiger partial charge on any atom is 0.259 e. The Balaban J connectivity index is 0.00000231. The summed E-state index contributed by atoms with van der Waals surface area (Å²) in [4.78, 5) is 41.1. The monoisotopic (exact) mass is 434 g/mol. The van der Waals surface area contributed by atoms with Gasteiger partial charge in [-0.3, -0.25) is 19.7 Å². The number of carbonyl (C=O) groups excluding carboxylic acids is 3. The van der Waals surface area contributed by atoms with E-state index in [1.54, 1.807) is 0 Å². The number of benzene rings is 3. The van der Waals surface area contributed by atoms with Crippen molar-refractivity contribution in [2.75, 3.05) is 0 Å². The zero-order valence-electron chi connectivity index (χ0n) is 16.3. The van der Waals surface area contributed by atoms with Gasteiger partial charge in [0.1, 0.15) is 0 Å². The van der Waals surface area contributed by atoms with E-state index in [4.69, 9.17) is 5.73 Å². The number of hydrogen-bond acceptors (Lipinski definition) is 4. The summed E-state index contributed by atoms with van der Waals surface area (Å²) >= 11 is 0. The first-order valence-corrected chi connectivity index (χ1v) is 9.56. The molecule has 0 saturated heterocycles. The molecule has 7 nitrogen and oxygen atoms in total. The summed E-state index contributed by atoms with van der Waals surface area (Å²) < 4.78 is 0. The largest absolute Gasteiger partial charge is 0.354 e. The summed E-state index contributed by atoms with van der Waals surface area (Å²) in [7, 11) is 0. The van der Waals surface area contributed by atoms with Crippen LogP contribution in [0.15, 0.2) is 54.6 Å². The molecule has 156 valence electrons. The molecule has 0 aliphatic carbocycles. The molecule has 0 spiro atoms. The van der Waals surface area contributed by atoms with Crippen LogP contribution < -0.4 is 16.4 Å². The van der Waals surface area contributed by atoms with Crippen molar-refractivity contribution in [2.45, 2.75) is 13.1 Å². The van der Waals surface area contributed by atoms with Crippen LogP contribution in [0.25, 0.3) is 21.8 Å². The van der Waals surface area contributed by atoms with Crippen LogP contribution in [0.2, 0.25) is 0 Å². The van der Waals surface area contributed by atoms with Crippen molar-refractivity contribution in [3.63, 3.8) is 0 Å². The minimum atomic E-state index is -0.494. The van der Waals surface area contributed by atoms with Gasteiger partial charge in [-0.1, -0.05) is 42.5 Å². The van der Waals surface area contributed by atoms with Crippen LogP contribution in [-0.2, 0) is 13.1 Å². The predicted molar refractivity (Wildman–Crippen MR) is 120 cm³/mol. The number of aromatic nitrogens is 1. The Morgan fingerprint density at radius 1 is 0.968 bits per heavy atom. The highest BCUT2D eigenvalue weighted by Crippen LogP contribution is 2.35. The van der Waals surface area contributed by atoms with Gasteiger partial charge >= 0.3 is 0 Å². The summed E-state index contributed by atoms with van der Waals surface area (Å²) in [6.07, 6.45) is 0. The van der Waals surface area contributed by atoms with Crippen LogP contribution in [0.3, 0.4) is 0 Å². The molecule has 1 aliphatic heterocycles. The number of para-hydroxylation sites is 1. The van der Waals surface area contributed by atoms with Crippen LogP contribution in [-0.4, -0.2) is 22.7 Å². The van der Waals surface area contributed by atoms with E-state index in [9.17, 15) is 14.4 Å². The maximum atomic E-state index is 13.1. The van der Waals surface area contributed by atoms with Gasteiger partial charge in [0.2, 0.25) is 0 Å². The number of aromatic amines is 1. The van der Waals surface area contributed by atoms with E-state index < -0.39 is 11.8 Å². The standard InChI is InChI=1S/C23H18N4O3.ClH/c24-10-12-4-3-5-13(8-12)11-25-21(28)16-9-15-19(23(30)27-22(15)29)18-14-6-1-2-7-17(14)26-20(16)18;/h1-9,26H,10-11,24H2,(H,25,28)(H,27,29,30);1H. The number of carbonyl (C=O) groups is 3. The maximum absolute atomic E-state index is 13.1. The van der Waals surface area contributed by atoms with Crippen LogP contribution >= 0.6 is 12.4 Å². The SMILES string of the molecule is Cl.NCc1cccc(CNC(=O)c2cc3c(c4c2[nH]c2ccccc24)C(=O)NC3=O)c1. The molecule has 1 aromatic heterocycles. The third-order valence-corrected chi connectivity index (χ3v) is 5.41. The molecule has 3 aromatic carbocycles. The van der Waals surface area contributed by atoms with Crippen molar-refractivity contribution in [1.82, 2.24) is 15.6 Å². The Morgan fingerprint density at radius 3 is 2.55 bits per heavy atom. The number of nitrogens with one attached hydrogen (secondary N) is 3. The second-order valence-corrected chi connectivity index (χ2v) is 7.26. The Hall–Kier alpha value is -3.68. The number of H-pyrrole nitrogens is 1. The fourth-order valence-corrected chi connectivity index (χ4v) is 4.00. The topological polar surface area (TPSA) is 117 Å². The summed E-state index contributed by atoms with van der Waals surface area (Å²) in [6, 6.07) is 16.6. The zero-order chi connectivity index (χ0) is 20.8. The smallest absolute Gasteiger partial charge is 0.259 e. The lowest BCUT2D eigenvalue weighted by Crippen LogP contribution is -2.23. The number of imide groups is 1. The molecule has 1 aliphatic rings. The second kappa shape index (κ2) is 7.86. The molecule has 4 aromatic rings. The van der Waals surface area contributed by atoms with Gasteiger partial charge in [0.15, 0.2) is 0 Å². The molecule has 8 heteroatoms. The average molecular weight is 435 g/mol. The van der Waals surface area contributed by atoms with Crippen molar-refractivity contribution >= 4 is 51.9 Å². The van der Waals surface area contributed by atoms with E-state index >= 15 is 0 Å². The van der Waals surface area contributed by atoms with E-state index in [2.05, 4.69) is 15.6 Å². The summed E-state index contributed by atoms with van der Waals surface area (Å²) in [5.41, 5.74) is 9.75. The molecular weight excluding hydrogens is 416 g/mol. The third kappa shape index (κ3) is 3.34. The van der Waals surface area contributed by atoms with Crippen molar-refractivity contribution in [2.24, 2.45) is 5.73 Å². The molecule has 0 saturated carbocycles. The van der Waals surface area contributed by atoms with E-state index in [1.165, 1.54) is 6.07 Å². The molecule has 2 heterocycles. The van der Waals surface area contributed by atoms with Crippen LogP contribution in [0.4, 0.5) is 0 Å². The predicted octanol–water partition coefficient (Wildman–Crippen LogP) is 3.02. The zero-order valence-corrected chi connectivity index (χ0v) is 17.1. The van der Waals surface area contributed by atoms with Crippen LogP contribution in [0.5, 0.6) is 0 Å². The van der Waals surface area contributed by atoms with Gasteiger partial charge < -0.3 is 16.0 Å². The third-order valence-electron chi connectivity index (χ3n) is 5.41. The first-order chi connectivity index (χ1) is 14.6. The van der Waals surface area contributed by atoms with E-state index in [-0.39, 0.29) is 23.9 Å². The van der Waals surface area contributed by atoms with Crippen molar-refractivity contribution in [1.29, 1.82) is 0 Å². The number of amides is 3. The molecule has 5 rings (SSSR count). The molecule has 0 radical (unpaired) electrons. The Bertz CT molecular complexity index is 1380. The summed E-state index contributed by atoms with van der Waals surface area (Å²) in [5.74, 6) is -1.28. The van der Waals surface area contributed by atoms with Crippen molar-refractivity contribution < 1.29 is 14.4 Å². The van der Waals surface area contributed by atoms with Gasteiger partial charge in [0, 0.05) is 29.4 Å². The highest BCUT2D eigenvalue weighted by atomic mass is 35.5. The summed E-state index contributed by atoms with van der Waals surface area (Å²) in [6.45, 7) is 0.738. The number of hydrogen-bond donors (Lipinski definition) is 4. The number of rotatable bonds is 4. The minimum absolute atomic E-state index is 0. The molecule has 0 fully saturated rings. The first-order valence-electron chi connectivity index (χ1n) is 9.56. The number of halogens is 1. The number of nitrogens with two attached hydrogens (primary N) is 1. The van der Waals surface area contributed by atoms with Gasteiger partial charge in [-0.15, -0.1) is 12.4 Å². The molecule has 3 amide bonds. The lowest BCUT2D eigenvalue weighted by Gasteiger charge is -2.09. The first kappa shape index (κ1) is 20.6. The van der Waals surface area contributed by atoms with Crippen LogP contribution in [0, 0.1) is 0 Å². The number of fused-ring (bicyclic) bond motifs is 5. The highest BCUT2D eigenvalue weighted by molar-refractivity contribution is 6.32. The normalized spacial score (nSPS) is 12.5. The molecular formula is C23H19ClN4O3. The van der Waals surface area contributed by atoms with Gasteiger partial charge in [0.25, 0.3) is 17.7 Å². The molecule has 5 N–H and O–H groups in total. The molecule has 0 bridgehead atoms. The van der Waals surface area contributed by atoms with Crippen LogP contribution in [0.1, 0.15) is 42.2 Å². The fourth-order valence-electron chi connectivity index (χ4n) is 4.00. The Morgan fingerprint density at radius 2 is 1.74 bits per heavy atom. The van der Waals surface area contributed by atoms with E-state index in [1.807, 2.05) is 48.5 Å². The molecule has 0 atom stereocenters. The lowest BCUT2D eigenvalue weighted by molar-refractivity contribution is 0.0879. The van der Waals surface area contributed by atoms with Gasteiger partial charge in [-0.2, -0.15) is 0 Å². The molecule has 0 unspecified atom stereocenters. The van der Waals surface area contributed by atoms with Gasteiger partial charge in [-0.05, 0) is 23.3 Å². The minimum Gasteiger partial charge on any atom is -0.354 e. The summed E-state index contributed by atoms with van der Waals surface area (Å²) in [5, 5.41) is 6.61. The fraction of sp³-hybridized carbons (Fsp3) is 0.0870. The highest BCUT2D eigenvalue weighted by Gasteiger charge is 2.32. The van der Waals surface area contributed by atoms with E-state index in [0.717, 1.165) is 22.0 Å². The van der Waals surface area contributed by atoms with E-state index in [0.29, 0.717) is 35.1 Å². The van der Waals surface area contributed by atoms with Crippen molar-refractivity contribution in [3.05, 3.63) is 82.4 Å². The molecule has 31 heavy (non-hydrogen) atoms. The quantitative estimate of drug-likeness (QED) is 0.369. The second-order valence-electron chi connectivity index (χ2n) is 7.26. The Kier molecular flexibility index (Phi) is 5.22. The Labute approximate surface area is 183 Å². The van der Waals surface area contributed by atoms with Crippen molar-refractivity contribution in [3.8, 4) is 0 Å². The van der Waals surface area contributed by atoms with Gasteiger partial charge in [0.05, 0.1) is 22.2 Å². The van der Waals surface area contributed by atoms with Gasteiger partial charge in [-0.25, -0.2) is 0 Å². The lowest BCUT2D eigenvalue weighted by atomic mass is 9.98.